The van der Waals surface area contributed by atoms with Crippen LogP contribution in [0.15, 0.2) is 0 Å². The first-order valence-corrected chi connectivity index (χ1v) is 6.05. The van der Waals surface area contributed by atoms with Gasteiger partial charge in [0.25, 0.3) is 5.92 Å². The minimum Gasteiger partial charge on any atom is -0.302 e. The molecule has 0 spiro atoms. The molecule has 1 saturated heterocycles. The molecule has 4 heteroatoms. The highest BCUT2D eigenvalue weighted by Crippen LogP contribution is 2.32. The fourth-order valence-corrected chi connectivity index (χ4v) is 2.03. The molecule has 13 heavy (non-hydrogen) atoms. The first-order valence-electron chi connectivity index (χ1n) is 4.65. The minimum atomic E-state index is -2.43. The normalized spacial score (nSPS) is 29.1. The van der Waals surface area contributed by atoms with Crippen LogP contribution < -0.4 is 0 Å². The van der Waals surface area contributed by atoms with E-state index >= 15 is 0 Å². The fourth-order valence-electron chi connectivity index (χ4n) is 1.59. The van der Waals surface area contributed by atoms with Crippen LogP contribution in [-0.4, -0.2) is 42.5 Å². The zero-order chi connectivity index (χ0) is 9.90. The summed E-state index contributed by atoms with van der Waals surface area (Å²) in [5, 5.41) is 0. The summed E-state index contributed by atoms with van der Waals surface area (Å²) in [6.45, 7) is 3.69. The smallest absolute Gasteiger partial charge is 0.253 e. The van der Waals surface area contributed by atoms with Gasteiger partial charge in [-0.05, 0) is 6.26 Å². The van der Waals surface area contributed by atoms with Crippen molar-refractivity contribution in [2.45, 2.75) is 19.3 Å². The van der Waals surface area contributed by atoms with Crippen molar-refractivity contribution in [2.24, 2.45) is 5.92 Å². The Labute approximate surface area is 82.9 Å². The number of piperidine rings is 1. The maximum atomic E-state index is 13.1. The Kier molecular flexibility index (Phi) is 3.98. The van der Waals surface area contributed by atoms with E-state index in [0.717, 1.165) is 12.3 Å². The SMILES string of the molecule is CSCCN1CCC(F)(F)C(C)C1. The molecule has 1 aliphatic rings. The third-order valence-corrected chi connectivity index (χ3v) is 3.22. The average molecular weight is 209 g/mol. The van der Waals surface area contributed by atoms with E-state index in [-0.39, 0.29) is 6.42 Å². The standard InChI is InChI=1S/C9H17F2NS/c1-8-7-12(5-6-13-2)4-3-9(8,10)11/h8H,3-7H2,1-2H3. The van der Waals surface area contributed by atoms with Crippen molar-refractivity contribution < 1.29 is 8.78 Å². The Bertz CT molecular complexity index is 164. The third kappa shape index (κ3) is 3.09. The predicted molar refractivity (Wildman–Crippen MR) is 53.6 cm³/mol. The molecule has 1 rings (SSSR count). The third-order valence-electron chi connectivity index (χ3n) is 2.63. The number of halogens is 2. The molecular weight excluding hydrogens is 192 g/mol. The van der Waals surface area contributed by atoms with E-state index < -0.39 is 11.8 Å². The van der Waals surface area contributed by atoms with Gasteiger partial charge < -0.3 is 4.90 Å². The number of rotatable bonds is 3. The summed E-state index contributed by atoms with van der Waals surface area (Å²) < 4.78 is 26.1. The highest BCUT2D eigenvalue weighted by atomic mass is 32.2. The number of thioether (sulfide) groups is 1. The van der Waals surface area contributed by atoms with Crippen LogP contribution in [0.25, 0.3) is 0 Å². The van der Waals surface area contributed by atoms with Crippen LogP contribution in [0.4, 0.5) is 8.78 Å². The van der Waals surface area contributed by atoms with Gasteiger partial charge in [-0.15, -0.1) is 0 Å². The lowest BCUT2D eigenvalue weighted by Gasteiger charge is -2.36. The van der Waals surface area contributed by atoms with E-state index in [0.29, 0.717) is 13.1 Å². The van der Waals surface area contributed by atoms with Crippen molar-refractivity contribution >= 4 is 11.8 Å². The molecule has 1 fully saturated rings. The molecule has 0 aromatic carbocycles. The molecule has 0 N–H and O–H groups in total. The molecule has 0 aromatic heterocycles. The Morgan fingerprint density at radius 1 is 1.54 bits per heavy atom. The highest BCUT2D eigenvalue weighted by molar-refractivity contribution is 7.98. The van der Waals surface area contributed by atoms with Crippen LogP contribution >= 0.6 is 11.8 Å². The Morgan fingerprint density at radius 3 is 2.77 bits per heavy atom. The van der Waals surface area contributed by atoms with Gasteiger partial charge >= 0.3 is 0 Å². The van der Waals surface area contributed by atoms with Gasteiger partial charge in [-0.3, -0.25) is 0 Å². The van der Waals surface area contributed by atoms with Crippen LogP contribution in [0, 0.1) is 5.92 Å². The maximum absolute atomic E-state index is 13.1. The predicted octanol–water partition coefficient (Wildman–Crippen LogP) is 2.33. The van der Waals surface area contributed by atoms with Gasteiger partial charge in [0.2, 0.25) is 0 Å². The van der Waals surface area contributed by atoms with Crippen molar-refractivity contribution in [1.29, 1.82) is 0 Å². The first-order chi connectivity index (χ1) is 6.06. The number of likely N-dealkylation sites (tertiary alicyclic amines) is 1. The molecule has 78 valence electrons. The Balaban J connectivity index is 2.33. The van der Waals surface area contributed by atoms with Crippen molar-refractivity contribution in [2.75, 3.05) is 31.6 Å². The fraction of sp³-hybridized carbons (Fsp3) is 1.00. The largest absolute Gasteiger partial charge is 0.302 e. The van der Waals surface area contributed by atoms with Gasteiger partial charge in [-0.25, -0.2) is 8.78 Å². The highest BCUT2D eigenvalue weighted by Gasteiger charge is 2.40. The van der Waals surface area contributed by atoms with Gasteiger partial charge in [0.15, 0.2) is 0 Å². The molecule has 1 aliphatic heterocycles. The second kappa shape index (κ2) is 4.60. The molecule has 0 aromatic rings. The molecule has 1 atom stereocenters. The molecule has 1 nitrogen and oxygen atoms in total. The molecular formula is C9H17F2NS. The van der Waals surface area contributed by atoms with Crippen LogP contribution in [-0.2, 0) is 0 Å². The molecule has 0 radical (unpaired) electrons. The molecule has 0 bridgehead atoms. The van der Waals surface area contributed by atoms with Gasteiger partial charge in [-0.1, -0.05) is 6.92 Å². The molecule has 0 saturated carbocycles. The van der Waals surface area contributed by atoms with Crippen LogP contribution in [0.1, 0.15) is 13.3 Å². The monoisotopic (exact) mass is 209 g/mol. The van der Waals surface area contributed by atoms with E-state index in [1.807, 2.05) is 6.26 Å². The number of hydrogen-bond acceptors (Lipinski definition) is 2. The topological polar surface area (TPSA) is 3.24 Å². The van der Waals surface area contributed by atoms with Crippen LogP contribution in [0.2, 0.25) is 0 Å². The Morgan fingerprint density at radius 2 is 2.23 bits per heavy atom. The molecule has 0 amide bonds. The Hall–Kier alpha value is 0.170. The summed E-state index contributed by atoms with van der Waals surface area (Å²) in [7, 11) is 0. The zero-order valence-electron chi connectivity index (χ0n) is 8.22. The van der Waals surface area contributed by atoms with E-state index in [2.05, 4.69) is 4.90 Å². The van der Waals surface area contributed by atoms with E-state index in [1.165, 1.54) is 0 Å². The van der Waals surface area contributed by atoms with Gasteiger partial charge in [-0.2, -0.15) is 11.8 Å². The number of alkyl halides is 2. The van der Waals surface area contributed by atoms with E-state index in [1.54, 1.807) is 18.7 Å². The lowest BCUT2D eigenvalue weighted by molar-refractivity contribution is -0.0977. The zero-order valence-corrected chi connectivity index (χ0v) is 9.04. The lowest BCUT2D eigenvalue weighted by Crippen LogP contribution is -2.46. The van der Waals surface area contributed by atoms with Crippen molar-refractivity contribution in [1.82, 2.24) is 4.90 Å². The van der Waals surface area contributed by atoms with Gasteiger partial charge in [0, 0.05) is 37.7 Å². The summed E-state index contributed by atoms with van der Waals surface area (Å²) in [5.74, 6) is -1.88. The van der Waals surface area contributed by atoms with Crippen LogP contribution in [0.5, 0.6) is 0 Å². The van der Waals surface area contributed by atoms with Crippen molar-refractivity contribution in [3.63, 3.8) is 0 Å². The maximum Gasteiger partial charge on any atom is 0.253 e. The minimum absolute atomic E-state index is 0.0303. The van der Waals surface area contributed by atoms with Crippen molar-refractivity contribution in [3.8, 4) is 0 Å². The van der Waals surface area contributed by atoms with Crippen LogP contribution in [0.3, 0.4) is 0 Å². The summed E-state index contributed by atoms with van der Waals surface area (Å²) >= 11 is 1.77. The summed E-state index contributed by atoms with van der Waals surface area (Å²) in [5.41, 5.74) is 0. The quantitative estimate of drug-likeness (QED) is 0.702. The number of nitrogens with zero attached hydrogens (tertiary/aromatic N) is 1. The molecule has 1 unspecified atom stereocenters. The second-order valence-electron chi connectivity index (χ2n) is 3.71. The van der Waals surface area contributed by atoms with Crippen molar-refractivity contribution in [3.05, 3.63) is 0 Å². The molecule has 1 heterocycles. The van der Waals surface area contributed by atoms with Gasteiger partial charge in [0.05, 0.1) is 0 Å². The lowest BCUT2D eigenvalue weighted by atomic mass is 9.96. The second-order valence-corrected chi connectivity index (χ2v) is 4.69. The summed E-state index contributed by atoms with van der Waals surface area (Å²) in [6, 6.07) is 0. The molecule has 0 aliphatic carbocycles. The summed E-state index contributed by atoms with van der Waals surface area (Å²) in [6.07, 6.45) is 2.07. The average Bonchev–Trinajstić information content (AvgIpc) is 2.07. The number of hydrogen-bond donors (Lipinski definition) is 0. The van der Waals surface area contributed by atoms with E-state index in [4.69, 9.17) is 0 Å². The first kappa shape index (κ1) is 11.2. The van der Waals surface area contributed by atoms with E-state index in [9.17, 15) is 8.78 Å². The summed E-state index contributed by atoms with van der Waals surface area (Å²) in [4.78, 5) is 2.14. The van der Waals surface area contributed by atoms with Gasteiger partial charge in [0.1, 0.15) is 0 Å².